The van der Waals surface area contributed by atoms with Gasteiger partial charge in [-0.05, 0) is 48.9 Å². The number of benzene rings is 1. The van der Waals surface area contributed by atoms with Crippen molar-refractivity contribution < 1.29 is 9.21 Å². The molecule has 3 aromatic heterocycles. The molecule has 0 aliphatic carbocycles. The Hall–Kier alpha value is -3.67. The van der Waals surface area contributed by atoms with Crippen LogP contribution in [-0.4, -0.2) is 20.7 Å². The normalized spacial score (nSPS) is 11.9. The van der Waals surface area contributed by atoms with Crippen molar-refractivity contribution in [1.82, 2.24) is 20.1 Å². The van der Waals surface area contributed by atoms with Crippen molar-refractivity contribution >= 4 is 5.91 Å². The maximum atomic E-state index is 13.0. The molecule has 4 aromatic rings. The van der Waals surface area contributed by atoms with Crippen molar-refractivity contribution in [3.63, 3.8) is 0 Å². The Kier molecular flexibility index (Phi) is 4.53. The van der Waals surface area contributed by atoms with E-state index in [9.17, 15) is 4.79 Å². The smallest absolute Gasteiger partial charge is 0.270 e. The minimum atomic E-state index is -0.214. The summed E-state index contributed by atoms with van der Waals surface area (Å²) in [5.74, 6) is 0.398. The van der Waals surface area contributed by atoms with Gasteiger partial charge in [0.25, 0.3) is 5.91 Å². The number of para-hydroxylation sites is 1. The highest BCUT2D eigenvalue weighted by Crippen LogP contribution is 2.23. The highest BCUT2D eigenvalue weighted by molar-refractivity contribution is 5.94. The second-order valence-electron chi connectivity index (χ2n) is 6.12. The molecule has 27 heavy (non-hydrogen) atoms. The van der Waals surface area contributed by atoms with Gasteiger partial charge in [-0.25, -0.2) is 4.68 Å². The first-order chi connectivity index (χ1) is 13.2. The fourth-order valence-corrected chi connectivity index (χ4v) is 2.86. The molecule has 1 aromatic carbocycles. The summed E-state index contributed by atoms with van der Waals surface area (Å²) < 4.78 is 7.07. The molecule has 0 spiro atoms. The lowest BCUT2D eigenvalue weighted by Crippen LogP contribution is -2.28. The number of carbonyl (C=O) groups excluding carboxylic acids is 1. The average Bonchev–Trinajstić information content (AvgIpc) is 3.39. The topological polar surface area (TPSA) is 73.0 Å². The van der Waals surface area contributed by atoms with Crippen LogP contribution < -0.4 is 5.32 Å². The molecule has 134 valence electrons. The van der Waals surface area contributed by atoms with Gasteiger partial charge in [0.1, 0.15) is 11.4 Å². The molecular formula is C21H18N4O2. The van der Waals surface area contributed by atoms with Crippen LogP contribution in [0.15, 0.2) is 83.7 Å². The molecule has 6 nitrogen and oxygen atoms in total. The zero-order chi connectivity index (χ0) is 18.6. The first-order valence-electron chi connectivity index (χ1n) is 8.62. The van der Waals surface area contributed by atoms with Crippen LogP contribution in [0.3, 0.4) is 0 Å². The maximum absolute atomic E-state index is 13.0. The van der Waals surface area contributed by atoms with Crippen LogP contribution in [0.1, 0.15) is 29.0 Å². The van der Waals surface area contributed by atoms with Crippen molar-refractivity contribution in [3.05, 3.63) is 90.6 Å². The molecule has 1 unspecified atom stereocenters. The van der Waals surface area contributed by atoms with Crippen molar-refractivity contribution in [2.24, 2.45) is 0 Å². The van der Waals surface area contributed by atoms with E-state index >= 15 is 0 Å². The lowest BCUT2D eigenvalue weighted by molar-refractivity contribution is 0.0932. The molecule has 0 saturated carbocycles. The van der Waals surface area contributed by atoms with Crippen LogP contribution in [0, 0.1) is 0 Å². The van der Waals surface area contributed by atoms with Gasteiger partial charge in [-0.15, -0.1) is 0 Å². The van der Waals surface area contributed by atoms with E-state index < -0.39 is 0 Å². The molecule has 3 heterocycles. The molecule has 0 radical (unpaired) electrons. The van der Waals surface area contributed by atoms with Gasteiger partial charge in [-0.1, -0.05) is 18.2 Å². The summed E-state index contributed by atoms with van der Waals surface area (Å²) in [6, 6.07) is 18.5. The fourth-order valence-electron chi connectivity index (χ4n) is 2.86. The van der Waals surface area contributed by atoms with Gasteiger partial charge in [0.2, 0.25) is 0 Å². The molecule has 0 saturated heterocycles. The molecule has 1 amide bonds. The third-order valence-electron chi connectivity index (χ3n) is 4.27. The number of aromatic nitrogens is 3. The van der Waals surface area contributed by atoms with Crippen molar-refractivity contribution in [1.29, 1.82) is 0 Å². The number of amides is 1. The van der Waals surface area contributed by atoms with Crippen LogP contribution >= 0.6 is 0 Å². The molecular weight excluding hydrogens is 340 g/mol. The number of hydrogen-bond acceptors (Lipinski definition) is 4. The van der Waals surface area contributed by atoms with E-state index in [4.69, 9.17) is 4.42 Å². The number of pyridine rings is 1. The summed E-state index contributed by atoms with van der Waals surface area (Å²) in [6.45, 7) is 1.93. The third-order valence-corrected chi connectivity index (χ3v) is 4.27. The van der Waals surface area contributed by atoms with Gasteiger partial charge in [0.15, 0.2) is 5.76 Å². The molecule has 6 heteroatoms. The lowest BCUT2D eigenvalue weighted by Gasteiger charge is -2.14. The Balaban J connectivity index is 1.69. The third kappa shape index (κ3) is 3.50. The molecule has 4 rings (SSSR count). The standard InChI is InChI=1S/C21H18N4O2/c1-15(16-9-11-22-12-10-16)23-21(26)19-14-18(20-8-5-13-27-20)24-25(19)17-6-3-2-4-7-17/h2-15H,1H3,(H,23,26). The van der Waals surface area contributed by atoms with Crippen LogP contribution in [0.5, 0.6) is 0 Å². The van der Waals surface area contributed by atoms with Gasteiger partial charge in [-0.3, -0.25) is 9.78 Å². The minimum Gasteiger partial charge on any atom is -0.463 e. The summed E-state index contributed by atoms with van der Waals surface area (Å²) in [4.78, 5) is 17.0. The number of carbonyl (C=O) groups is 1. The Labute approximate surface area is 156 Å². The highest BCUT2D eigenvalue weighted by atomic mass is 16.3. The zero-order valence-electron chi connectivity index (χ0n) is 14.7. The first-order valence-corrected chi connectivity index (χ1v) is 8.62. The number of nitrogens with zero attached hydrogens (tertiary/aromatic N) is 3. The molecule has 1 atom stereocenters. The highest BCUT2D eigenvalue weighted by Gasteiger charge is 2.20. The predicted molar refractivity (Wildman–Crippen MR) is 101 cm³/mol. The Bertz CT molecular complexity index is 1020. The summed E-state index contributed by atoms with van der Waals surface area (Å²) in [7, 11) is 0. The van der Waals surface area contributed by atoms with Gasteiger partial charge in [0.05, 0.1) is 18.0 Å². The number of rotatable bonds is 5. The van der Waals surface area contributed by atoms with Crippen LogP contribution in [0.4, 0.5) is 0 Å². The maximum Gasteiger partial charge on any atom is 0.270 e. The van der Waals surface area contributed by atoms with E-state index in [1.807, 2.05) is 55.5 Å². The average molecular weight is 358 g/mol. The van der Waals surface area contributed by atoms with Crippen molar-refractivity contribution in [2.45, 2.75) is 13.0 Å². The van der Waals surface area contributed by atoms with Crippen molar-refractivity contribution in [3.8, 4) is 17.1 Å². The summed E-state index contributed by atoms with van der Waals surface area (Å²) >= 11 is 0. The number of hydrogen-bond donors (Lipinski definition) is 1. The van der Waals surface area contributed by atoms with Gasteiger partial charge < -0.3 is 9.73 Å². The Morgan fingerprint density at radius 3 is 2.56 bits per heavy atom. The second kappa shape index (κ2) is 7.29. The van der Waals surface area contributed by atoms with E-state index in [1.54, 1.807) is 35.5 Å². The minimum absolute atomic E-state index is 0.160. The Morgan fingerprint density at radius 1 is 1.07 bits per heavy atom. The summed E-state index contributed by atoms with van der Waals surface area (Å²) in [5.41, 5.74) is 2.83. The van der Waals surface area contributed by atoms with E-state index in [0.29, 0.717) is 17.1 Å². The van der Waals surface area contributed by atoms with Crippen LogP contribution in [0.2, 0.25) is 0 Å². The SMILES string of the molecule is CC(NC(=O)c1cc(-c2ccco2)nn1-c1ccccc1)c1ccncc1. The largest absolute Gasteiger partial charge is 0.463 e. The van der Waals surface area contributed by atoms with Crippen LogP contribution in [-0.2, 0) is 0 Å². The quantitative estimate of drug-likeness (QED) is 0.585. The van der Waals surface area contributed by atoms with Crippen molar-refractivity contribution in [2.75, 3.05) is 0 Å². The lowest BCUT2D eigenvalue weighted by atomic mass is 10.1. The summed E-state index contributed by atoms with van der Waals surface area (Å²) in [5, 5.41) is 7.60. The van der Waals surface area contributed by atoms with E-state index in [0.717, 1.165) is 11.3 Å². The first kappa shape index (κ1) is 16.8. The zero-order valence-corrected chi connectivity index (χ0v) is 14.7. The second-order valence-corrected chi connectivity index (χ2v) is 6.12. The molecule has 0 aliphatic heterocycles. The van der Waals surface area contributed by atoms with Gasteiger partial charge >= 0.3 is 0 Å². The van der Waals surface area contributed by atoms with Crippen LogP contribution in [0.25, 0.3) is 17.1 Å². The summed E-state index contributed by atoms with van der Waals surface area (Å²) in [6.07, 6.45) is 5.00. The fraction of sp³-hybridized carbons (Fsp3) is 0.0952. The molecule has 0 fully saturated rings. The number of nitrogens with one attached hydrogen (secondary N) is 1. The Morgan fingerprint density at radius 2 is 1.85 bits per heavy atom. The van der Waals surface area contributed by atoms with E-state index in [1.165, 1.54) is 0 Å². The predicted octanol–water partition coefficient (Wildman–Crippen LogP) is 4.02. The molecule has 0 aliphatic rings. The van der Waals surface area contributed by atoms with E-state index in [2.05, 4.69) is 15.4 Å². The monoisotopic (exact) mass is 358 g/mol. The van der Waals surface area contributed by atoms with Gasteiger partial charge in [-0.2, -0.15) is 5.10 Å². The number of furan rings is 1. The molecule has 1 N–H and O–H groups in total. The molecule has 0 bridgehead atoms. The van der Waals surface area contributed by atoms with Gasteiger partial charge in [0, 0.05) is 18.5 Å². The van der Waals surface area contributed by atoms with E-state index in [-0.39, 0.29) is 11.9 Å².